The van der Waals surface area contributed by atoms with Gasteiger partial charge in [0.2, 0.25) is 5.78 Å². The molecule has 0 bridgehead atoms. The number of thiophene rings is 1. The van der Waals surface area contributed by atoms with Gasteiger partial charge in [0.1, 0.15) is 9.71 Å². The van der Waals surface area contributed by atoms with Crippen molar-refractivity contribution in [1.82, 2.24) is 4.98 Å². The Labute approximate surface area is 161 Å². The third-order valence-electron chi connectivity index (χ3n) is 5.21. The quantitative estimate of drug-likeness (QED) is 0.500. The number of aryl methyl sites for hydroxylation is 2. The topological polar surface area (TPSA) is 56.0 Å². The molecule has 4 heteroatoms. The highest BCUT2D eigenvalue weighted by Crippen LogP contribution is 2.37. The molecule has 0 unspecified atom stereocenters. The molecule has 27 heavy (non-hydrogen) atoms. The predicted octanol–water partition coefficient (Wildman–Crippen LogP) is 5.27. The van der Waals surface area contributed by atoms with Gasteiger partial charge < -0.3 is 5.73 Å². The Kier molecular flexibility index (Phi) is 3.80. The second-order valence-electron chi connectivity index (χ2n) is 6.92. The Hall–Kier alpha value is -2.98. The monoisotopic (exact) mass is 370 g/mol. The molecule has 2 aromatic heterocycles. The molecule has 132 valence electrons. The number of anilines is 1. The number of ketones is 1. The van der Waals surface area contributed by atoms with Crippen LogP contribution in [0.5, 0.6) is 0 Å². The van der Waals surface area contributed by atoms with E-state index in [2.05, 4.69) is 18.2 Å². The molecule has 0 fully saturated rings. The van der Waals surface area contributed by atoms with Gasteiger partial charge in [-0.05, 0) is 42.0 Å². The largest absolute Gasteiger partial charge is 0.397 e. The van der Waals surface area contributed by atoms with Crippen LogP contribution in [0.1, 0.15) is 32.9 Å². The maximum absolute atomic E-state index is 13.0. The first-order valence-corrected chi connectivity index (χ1v) is 9.93. The van der Waals surface area contributed by atoms with Crippen LogP contribution in [0.15, 0.2) is 60.7 Å². The van der Waals surface area contributed by atoms with E-state index in [0.717, 1.165) is 46.3 Å². The maximum Gasteiger partial charge on any atom is 0.205 e. The highest BCUT2D eigenvalue weighted by Gasteiger charge is 2.21. The van der Waals surface area contributed by atoms with Gasteiger partial charge in [0.25, 0.3) is 0 Å². The minimum Gasteiger partial charge on any atom is -0.397 e. The SMILES string of the molecule is Nc1c(C(=O)c2ccc(-c3ccccc3)cc2)sc2nc3c(cc12)CCC3. The fourth-order valence-corrected chi connectivity index (χ4v) is 4.80. The lowest BCUT2D eigenvalue weighted by Crippen LogP contribution is -2.02. The number of nitrogens with two attached hydrogens (primary N) is 1. The fraction of sp³-hybridized carbons (Fsp3) is 0.130. The molecule has 1 aliphatic carbocycles. The van der Waals surface area contributed by atoms with E-state index in [0.29, 0.717) is 16.1 Å². The fourth-order valence-electron chi connectivity index (χ4n) is 3.74. The van der Waals surface area contributed by atoms with Gasteiger partial charge in [-0.3, -0.25) is 4.79 Å². The average Bonchev–Trinajstić information content (AvgIpc) is 3.30. The van der Waals surface area contributed by atoms with Crippen LogP contribution < -0.4 is 5.73 Å². The summed E-state index contributed by atoms with van der Waals surface area (Å²) in [5.41, 5.74) is 12.2. The van der Waals surface area contributed by atoms with Gasteiger partial charge in [0, 0.05) is 16.6 Å². The molecule has 0 radical (unpaired) electrons. The highest BCUT2D eigenvalue weighted by atomic mass is 32.1. The summed E-state index contributed by atoms with van der Waals surface area (Å²) in [7, 11) is 0. The minimum atomic E-state index is -0.0322. The van der Waals surface area contributed by atoms with Gasteiger partial charge in [-0.25, -0.2) is 4.98 Å². The van der Waals surface area contributed by atoms with Crippen LogP contribution in [-0.4, -0.2) is 10.8 Å². The van der Waals surface area contributed by atoms with Gasteiger partial charge in [-0.15, -0.1) is 11.3 Å². The lowest BCUT2D eigenvalue weighted by atomic mass is 10.0. The third-order valence-corrected chi connectivity index (χ3v) is 6.32. The molecule has 2 heterocycles. The molecule has 0 saturated carbocycles. The number of hydrogen-bond donors (Lipinski definition) is 1. The predicted molar refractivity (Wildman–Crippen MR) is 111 cm³/mol. The van der Waals surface area contributed by atoms with Gasteiger partial charge in [-0.2, -0.15) is 0 Å². The van der Waals surface area contributed by atoms with Crippen LogP contribution >= 0.6 is 11.3 Å². The van der Waals surface area contributed by atoms with E-state index in [1.54, 1.807) is 0 Å². The molecule has 2 aromatic carbocycles. The molecular formula is C23H18N2OS. The molecule has 2 N–H and O–H groups in total. The zero-order valence-electron chi connectivity index (χ0n) is 14.7. The number of carbonyl (C=O) groups excluding carboxylic acids is 1. The summed E-state index contributed by atoms with van der Waals surface area (Å²) in [6.07, 6.45) is 3.23. The number of hydrogen-bond acceptors (Lipinski definition) is 4. The lowest BCUT2D eigenvalue weighted by molar-refractivity contribution is 0.104. The van der Waals surface area contributed by atoms with Crippen molar-refractivity contribution in [3.05, 3.63) is 82.4 Å². The van der Waals surface area contributed by atoms with Crippen molar-refractivity contribution in [3.63, 3.8) is 0 Å². The molecule has 0 saturated heterocycles. The molecule has 3 nitrogen and oxygen atoms in total. The molecule has 5 rings (SSSR count). The number of rotatable bonds is 3. The Balaban J connectivity index is 1.51. The van der Waals surface area contributed by atoms with Crippen molar-refractivity contribution in [2.75, 3.05) is 5.73 Å². The van der Waals surface area contributed by atoms with Crippen LogP contribution in [0, 0.1) is 0 Å². The summed E-state index contributed by atoms with van der Waals surface area (Å²) in [5, 5.41) is 0.921. The van der Waals surface area contributed by atoms with Crippen molar-refractivity contribution in [2.45, 2.75) is 19.3 Å². The zero-order valence-corrected chi connectivity index (χ0v) is 15.6. The first-order chi connectivity index (χ1) is 13.2. The van der Waals surface area contributed by atoms with E-state index in [1.807, 2.05) is 42.5 Å². The summed E-state index contributed by atoms with van der Waals surface area (Å²) in [6.45, 7) is 0. The van der Waals surface area contributed by atoms with E-state index in [-0.39, 0.29) is 5.78 Å². The number of pyridine rings is 1. The van der Waals surface area contributed by atoms with Crippen LogP contribution in [0.4, 0.5) is 5.69 Å². The van der Waals surface area contributed by atoms with Gasteiger partial charge in [-0.1, -0.05) is 54.6 Å². The summed E-state index contributed by atoms with van der Waals surface area (Å²) in [5.74, 6) is -0.0322. The maximum atomic E-state index is 13.0. The van der Waals surface area contributed by atoms with Crippen LogP contribution in [0.3, 0.4) is 0 Å². The Morgan fingerprint density at radius 3 is 2.48 bits per heavy atom. The van der Waals surface area contributed by atoms with Crippen LogP contribution in [0.2, 0.25) is 0 Å². The minimum absolute atomic E-state index is 0.0322. The van der Waals surface area contributed by atoms with Crippen molar-refractivity contribution in [1.29, 1.82) is 0 Å². The van der Waals surface area contributed by atoms with Gasteiger partial charge in [0.05, 0.1) is 5.69 Å². The Morgan fingerprint density at radius 2 is 1.70 bits per heavy atom. The number of fused-ring (bicyclic) bond motifs is 2. The summed E-state index contributed by atoms with van der Waals surface area (Å²) in [6, 6.07) is 20.0. The third kappa shape index (κ3) is 2.73. The molecule has 0 aliphatic heterocycles. The van der Waals surface area contributed by atoms with E-state index in [1.165, 1.54) is 16.9 Å². The van der Waals surface area contributed by atoms with E-state index in [9.17, 15) is 4.79 Å². The lowest BCUT2D eigenvalue weighted by Gasteiger charge is -2.04. The average molecular weight is 370 g/mol. The summed E-state index contributed by atoms with van der Waals surface area (Å²) in [4.78, 5) is 19.3. The summed E-state index contributed by atoms with van der Waals surface area (Å²) < 4.78 is 0. The molecule has 0 atom stereocenters. The van der Waals surface area contributed by atoms with Crippen LogP contribution in [0.25, 0.3) is 21.3 Å². The number of carbonyl (C=O) groups is 1. The van der Waals surface area contributed by atoms with E-state index >= 15 is 0 Å². The standard InChI is InChI=1S/C23H18N2OS/c24-20-18-13-17-7-4-8-19(17)25-23(18)27-22(20)21(26)16-11-9-15(10-12-16)14-5-2-1-3-6-14/h1-3,5-6,9-13H,4,7-8,24H2. The van der Waals surface area contributed by atoms with Gasteiger partial charge in [0.15, 0.2) is 0 Å². The van der Waals surface area contributed by atoms with Crippen molar-refractivity contribution >= 4 is 33.0 Å². The van der Waals surface area contributed by atoms with Crippen molar-refractivity contribution < 1.29 is 4.79 Å². The zero-order chi connectivity index (χ0) is 18.4. The number of nitrogen functional groups attached to an aromatic ring is 1. The number of nitrogens with zero attached hydrogens (tertiary/aromatic N) is 1. The Bertz CT molecular complexity index is 1160. The number of benzene rings is 2. The molecule has 0 spiro atoms. The number of aromatic nitrogens is 1. The molecular weight excluding hydrogens is 352 g/mol. The normalized spacial score (nSPS) is 13.0. The summed E-state index contributed by atoms with van der Waals surface area (Å²) >= 11 is 1.41. The Morgan fingerprint density at radius 1 is 0.963 bits per heavy atom. The van der Waals surface area contributed by atoms with Crippen LogP contribution in [-0.2, 0) is 12.8 Å². The van der Waals surface area contributed by atoms with Crippen molar-refractivity contribution in [3.8, 4) is 11.1 Å². The van der Waals surface area contributed by atoms with Gasteiger partial charge >= 0.3 is 0 Å². The first-order valence-electron chi connectivity index (χ1n) is 9.11. The molecule has 0 amide bonds. The first kappa shape index (κ1) is 16.2. The van der Waals surface area contributed by atoms with E-state index < -0.39 is 0 Å². The van der Waals surface area contributed by atoms with Crippen molar-refractivity contribution in [2.24, 2.45) is 0 Å². The van der Waals surface area contributed by atoms with E-state index in [4.69, 9.17) is 10.7 Å². The smallest absolute Gasteiger partial charge is 0.205 e. The molecule has 4 aromatic rings. The second-order valence-corrected chi connectivity index (χ2v) is 7.92. The molecule has 1 aliphatic rings. The second kappa shape index (κ2) is 6.32. The highest BCUT2D eigenvalue weighted by molar-refractivity contribution is 7.21.